The Morgan fingerprint density at radius 3 is 2.60 bits per heavy atom. The normalized spacial score (nSPS) is 12.2. The molecule has 4 rings (SSSR count). The number of aromatic nitrogens is 3. The van der Waals surface area contributed by atoms with Crippen LogP contribution in [0.3, 0.4) is 0 Å². The molecule has 0 aliphatic carbocycles. The van der Waals surface area contributed by atoms with E-state index in [-0.39, 0.29) is 12.1 Å². The standard InChI is InChI=1S/C20H15ClN4O4S/c21-20-22-10-14(30-20)11-24-16-8-4-5-9-23(16)18(26)17(19(24)27)15(12-25(28)29)13-6-2-1-3-7-13/h1-10,15H,11-12H2. The van der Waals surface area contributed by atoms with Crippen molar-refractivity contribution in [3.63, 3.8) is 0 Å². The lowest BCUT2D eigenvalue weighted by atomic mass is 9.92. The first-order chi connectivity index (χ1) is 14.5. The third-order valence-electron chi connectivity index (χ3n) is 4.76. The lowest BCUT2D eigenvalue weighted by Gasteiger charge is -2.21. The van der Waals surface area contributed by atoms with Gasteiger partial charge in [0.15, 0.2) is 4.47 Å². The molecule has 0 saturated carbocycles. The fraction of sp³-hybridized carbons (Fsp3) is 0.150. The Morgan fingerprint density at radius 2 is 1.93 bits per heavy atom. The lowest BCUT2D eigenvalue weighted by Crippen LogP contribution is -2.46. The van der Waals surface area contributed by atoms with E-state index in [1.807, 2.05) is 0 Å². The molecule has 10 heteroatoms. The van der Waals surface area contributed by atoms with Gasteiger partial charge in [-0.3, -0.25) is 10.1 Å². The van der Waals surface area contributed by atoms with Gasteiger partial charge in [-0.25, -0.2) is 14.3 Å². The van der Waals surface area contributed by atoms with Crippen LogP contribution in [0.25, 0.3) is 5.65 Å². The SMILES string of the molecule is O=c1c(C(C[N+](=O)[O-])c2ccccc2)c([O-])[n+](Cc2cnc(Cl)s2)c2ccccn12. The van der Waals surface area contributed by atoms with E-state index >= 15 is 0 Å². The summed E-state index contributed by atoms with van der Waals surface area (Å²) in [5, 5.41) is 24.9. The fourth-order valence-corrected chi connectivity index (χ4v) is 4.42. The Balaban J connectivity index is 1.99. The largest absolute Gasteiger partial charge is 0.842 e. The number of nitrogens with zero attached hydrogens (tertiary/aromatic N) is 4. The summed E-state index contributed by atoms with van der Waals surface area (Å²) in [6.07, 6.45) is 3.11. The van der Waals surface area contributed by atoms with Crippen molar-refractivity contribution in [2.75, 3.05) is 6.54 Å². The van der Waals surface area contributed by atoms with E-state index in [1.54, 1.807) is 60.9 Å². The van der Waals surface area contributed by atoms with Gasteiger partial charge in [0.25, 0.3) is 5.65 Å². The first-order valence-corrected chi connectivity index (χ1v) is 10.2. The van der Waals surface area contributed by atoms with E-state index in [1.165, 1.54) is 20.3 Å². The minimum Gasteiger partial charge on any atom is -0.842 e. The second-order valence-electron chi connectivity index (χ2n) is 6.60. The van der Waals surface area contributed by atoms with Gasteiger partial charge < -0.3 is 5.11 Å². The molecule has 3 heterocycles. The molecule has 0 N–H and O–H groups in total. The molecule has 0 spiro atoms. The number of rotatable bonds is 6. The molecule has 0 aliphatic heterocycles. The molecule has 1 atom stereocenters. The molecule has 0 saturated heterocycles. The van der Waals surface area contributed by atoms with Gasteiger partial charge in [-0.1, -0.05) is 48.0 Å². The number of halogens is 1. The van der Waals surface area contributed by atoms with E-state index in [2.05, 4.69) is 4.98 Å². The van der Waals surface area contributed by atoms with Crippen molar-refractivity contribution in [2.45, 2.75) is 12.5 Å². The third-order valence-corrected chi connectivity index (χ3v) is 5.86. The van der Waals surface area contributed by atoms with Crippen LogP contribution >= 0.6 is 22.9 Å². The van der Waals surface area contributed by atoms with Crippen molar-refractivity contribution in [3.8, 4) is 5.88 Å². The second kappa shape index (κ2) is 8.21. The van der Waals surface area contributed by atoms with Crippen LogP contribution in [0.15, 0.2) is 65.7 Å². The van der Waals surface area contributed by atoms with Crippen LogP contribution in [-0.2, 0) is 6.54 Å². The van der Waals surface area contributed by atoms with Gasteiger partial charge in [-0.05, 0) is 11.6 Å². The highest BCUT2D eigenvalue weighted by Crippen LogP contribution is 2.27. The van der Waals surface area contributed by atoms with E-state index < -0.39 is 28.8 Å². The molecular formula is C20H15ClN4O4S. The summed E-state index contributed by atoms with van der Waals surface area (Å²) in [4.78, 5) is 28.8. The van der Waals surface area contributed by atoms with Crippen LogP contribution in [0.5, 0.6) is 5.88 Å². The third kappa shape index (κ3) is 3.77. The molecule has 4 aromatic rings. The molecule has 1 aromatic carbocycles. The molecule has 152 valence electrons. The maximum atomic E-state index is 13.5. The molecule has 0 fully saturated rings. The van der Waals surface area contributed by atoms with Gasteiger partial charge in [0.05, 0.1) is 28.4 Å². The summed E-state index contributed by atoms with van der Waals surface area (Å²) >= 11 is 7.14. The average Bonchev–Trinajstić information content (AvgIpc) is 3.15. The van der Waals surface area contributed by atoms with Gasteiger partial charge in [0.2, 0.25) is 6.54 Å². The van der Waals surface area contributed by atoms with Crippen molar-refractivity contribution >= 4 is 28.6 Å². The summed E-state index contributed by atoms with van der Waals surface area (Å²) in [7, 11) is 0. The van der Waals surface area contributed by atoms with Crippen molar-refractivity contribution in [3.05, 3.63) is 102 Å². The summed E-state index contributed by atoms with van der Waals surface area (Å²) in [5.74, 6) is -1.54. The topological polar surface area (TPSA) is 104 Å². The first-order valence-electron chi connectivity index (χ1n) is 8.96. The smallest absolute Gasteiger partial charge is 0.345 e. The highest BCUT2D eigenvalue weighted by Gasteiger charge is 2.30. The highest BCUT2D eigenvalue weighted by atomic mass is 35.5. The number of thiazole rings is 1. The molecule has 0 amide bonds. The highest BCUT2D eigenvalue weighted by molar-refractivity contribution is 7.15. The van der Waals surface area contributed by atoms with Crippen LogP contribution in [0.1, 0.15) is 21.9 Å². The molecule has 8 nitrogen and oxygen atoms in total. The maximum absolute atomic E-state index is 13.5. The van der Waals surface area contributed by atoms with Gasteiger partial charge >= 0.3 is 5.56 Å². The second-order valence-corrected chi connectivity index (χ2v) is 8.29. The van der Waals surface area contributed by atoms with Crippen molar-refractivity contribution in [2.24, 2.45) is 0 Å². The van der Waals surface area contributed by atoms with Crippen LogP contribution in [0, 0.1) is 10.1 Å². The molecular weight excluding hydrogens is 428 g/mol. The van der Waals surface area contributed by atoms with Crippen LogP contribution in [0.4, 0.5) is 0 Å². The van der Waals surface area contributed by atoms with Crippen molar-refractivity contribution < 1.29 is 14.6 Å². The quantitative estimate of drug-likeness (QED) is 0.259. The van der Waals surface area contributed by atoms with E-state index in [4.69, 9.17) is 11.6 Å². The minimum atomic E-state index is -0.977. The molecule has 1 unspecified atom stereocenters. The summed E-state index contributed by atoms with van der Waals surface area (Å²) < 4.78 is 3.11. The molecule has 0 radical (unpaired) electrons. The van der Waals surface area contributed by atoms with Crippen LogP contribution in [-0.4, -0.2) is 20.9 Å². The van der Waals surface area contributed by atoms with Gasteiger partial charge in [-0.2, -0.15) is 4.40 Å². The van der Waals surface area contributed by atoms with E-state index in [0.717, 1.165) is 4.88 Å². The Hall–Kier alpha value is -3.30. The van der Waals surface area contributed by atoms with Crippen LogP contribution in [0.2, 0.25) is 4.47 Å². The van der Waals surface area contributed by atoms with Crippen molar-refractivity contribution in [1.29, 1.82) is 0 Å². The lowest BCUT2D eigenvalue weighted by molar-refractivity contribution is -0.709. The average molecular weight is 443 g/mol. The predicted octanol–water partition coefficient (Wildman–Crippen LogP) is 2.23. The number of hydrogen-bond donors (Lipinski definition) is 0. The maximum Gasteiger partial charge on any atom is 0.345 e. The first kappa shape index (κ1) is 20.0. The minimum absolute atomic E-state index is 0.141. The monoisotopic (exact) mass is 442 g/mol. The molecule has 30 heavy (non-hydrogen) atoms. The number of nitro groups is 1. The zero-order valence-electron chi connectivity index (χ0n) is 15.5. The zero-order chi connectivity index (χ0) is 21.3. The van der Waals surface area contributed by atoms with Gasteiger partial charge in [0.1, 0.15) is 6.54 Å². The summed E-state index contributed by atoms with van der Waals surface area (Å²) in [6.45, 7) is -0.427. The zero-order valence-corrected chi connectivity index (χ0v) is 17.0. The Kier molecular flexibility index (Phi) is 5.47. The summed E-state index contributed by atoms with van der Waals surface area (Å²) in [5.41, 5.74) is 0.211. The van der Waals surface area contributed by atoms with Crippen LogP contribution < -0.4 is 15.2 Å². The number of hydrogen-bond acceptors (Lipinski definition) is 6. The summed E-state index contributed by atoms with van der Waals surface area (Å²) in [6, 6.07) is 13.6. The fourth-order valence-electron chi connectivity index (χ4n) is 3.46. The molecule has 0 bridgehead atoms. The van der Waals surface area contributed by atoms with Gasteiger partial charge in [-0.15, -0.1) is 11.3 Å². The molecule has 3 aromatic heterocycles. The number of benzene rings is 1. The Morgan fingerprint density at radius 1 is 1.20 bits per heavy atom. The van der Waals surface area contributed by atoms with E-state index in [9.17, 15) is 20.0 Å². The van der Waals surface area contributed by atoms with Gasteiger partial charge in [0, 0.05) is 17.2 Å². The predicted molar refractivity (Wildman–Crippen MR) is 110 cm³/mol. The van der Waals surface area contributed by atoms with E-state index in [0.29, 0.717) is 15.7 Å². The Labute approximate surface area is 179 Å². The number of fused-ring (bicyclic) bond motifs is 1. The number of pyridine rings is 1. The Bertz CT molecular complexity index is 1290. The van der Waals surface area contributed by atoms with Crippen molar-refractivity contribution in [1.82, 2.24) is 9.38 Å². The molecule has 0 aliphatic rings.